The lowest BCUT2D eigenvalue weighted by Crippen LogP contribution is -2.20. The lowest BCUT2D eigenvalue weighted by molar-refractivity contribution is -0.206. The van der Waals surface area contributed by atoms with Gasteiger partial charge in [-0.15, -0.1) is 0 Å². The summed E-state index contributed by atoms with van der Waals surface area (Å²) in [6, 6.07) is 2.37. The largest absolute Gasteiger partial charge is 0.418 e. The van der Waals surface area contributed by atoms with E-state index in [0.29, 0.717) is 11.3 Å². The van der Waals surface area contributed by atoms with Crippen molar-refractivity contribution in [2.75, 3.05) is 0 Å². The monoisotopic (exact) mass is 322 g/mol. The molecule has 0 amide bonds. The zero-order valence-electron chi connectivity index (χ0n) is 9.70. The second-order valence-electron chi connectivity index (χ2n) is 3.87. The molecule has 0 saturated heterocycles. The molecule has 1 aromatic carbocycles. The van der Waals surface area contributed by atoms with E-state index in [1.807, 2.05) is 0 Å². The highest BCUT2D eigenvalue weighted by Crippen LogP contribution is 2.41. The van der Waals surface area contributed by atoms with Crippen molar-refractivity contribution < 1.29 is 18.3 Å². The molecule has 1 aromatic heterocycles. The molecule has 8 heteroatoms. The minimum Gasteiger partial charge on any atom is -0.379 e. The molecule has 1 unspecified atom stereocenters. The Morgan fingerprint density at radius 3 is 2.35 bits per heavy atom. The van der Waals surface area contributed by atoms with Gasteiger partial charge in [-0.05, 0) is 0 Å². The molecule has 0 aliphatic heterocycles. The highest BCUT2D eigenvalue weighted by molar-refractivity contribution is 6.44. The third kappa shape index (κ3) is 2.87. The van der Waals surface area contributed by atoms with Gasteiger partial charge in [0.25, 0.3) is 0 Å². The summed E-state index contributed by atoms with van der Waals surface area (Å²) in [4.78, 5) is 7.82. The predicted molar refractivity (Wildman–Crippen MR) is 68.5 cm³/mol. The lowest BCUT2D eigenvalue weighted by Gasteiger charge is -2.17. The van der Waals surface area contributed by atoms with Gasteiger partial charge in [-0.25, -0.2) is 0 Å². The van der Waals surface area contributed by atoms with Crippen LogP contribution in [0.2, 0.25) is 10.0 Å². The SMILES string of the molecule is OC(c1ccc(-c2cnccn2)c(Cl)c1Cl)C(F)(F)F. The van der Waals surface area contributed by atoms with Gasteiger partial charge in [-0.2, -0.15) is 13.2 Å². The van der Waals surface area contributed by atoms with Crippen molar-refractivity contribution in [2.24, 2.45) is 0 Å². The van der Waals surface area contributed by atoms with E-state index in [9.17, 15) is 18.3 Å². The van der Waals surface area contributed by atoms with Gasteiger partial charge in [0.1, 0.15) is 0 Å². The third-order valence-corrected chi connectivity index (χ3v) is 3.45. The lowest BCUT2D eigenvalue weighted by atomic mass is 10.0. The fraction of sp³-hybridized carbons (Fsp3) is 0.167. The van der Waals surface area contributed by atoms with E-state index < -0.39 is 17.8 Å². The predicted octanol–water partition coefficient (Wildman–Crippen LogP) is 4.05. The van der Waals surface area contributed by atoms with E-state index in [2.05, 4.69) is 9.97 Å². The van der Waals surface area contributed by atoms with Crippen LogP contribution in [0.15, 0.2) is 30.7 Å². The first-order valence-corrected chi connectivity index (χ1v) is 6.07. The number of alkyl halides is 3. The Labute approximate surface area is 122 Å². The molecule has 20 heavy (non-hydrogen) atoms. The highest BCUT2D eigenvalue weighted by Gasteiger charge is 2.41. The minimum absolute atomic E-state index is 0.118. The van der Waals surface area contributed by atoms with Crippen molar-refractivity contribution in [1.29, 1.82) is 0 Å². The second kappa shape index (κ2) is 5.55. The molecule has 0 aliphatic rings. The van der Waals surface area contributed by atoms with Crippen LogP contribution in [-0.2, 0) is 0 Å². The van der Waals surface area contributed by atoms with Crippen LogP contribution < -0.4 is 0 Å². The third-order valence-electron chi connectivity index (χ3n) is 2.56. The molecular formula is C12H7Cl2F3N2O. The van der Waals surface area contributed by atoms with Gasteiger partial charge in [0.05, 0.1) is 21.9 Å². The van der Waals surface area contributed by atoms with E-state index >= 15 is 0 Å². The van der Waals surface area contributed by atoms with E-state index in [0.717, 1.165) is 6.07 Å². The summed E-state index contributed by atoms with van der Waals surface area (Å²) < 4.78 is 37.5. The summed E-state index contributed by atoms with van der Waals surface area (Å²) in [7, 11) is 0. The molecule has 1 heterocycles. The van der Waals surface area contributed by atoms with Gasteiger partial charge in [0.15, 0.2) is 6.10 Å². The van der Waals surface area contributed by atoms with Crippen LogP contribution in [0.3, 0.4) is 0 Å². The first kappa shape index (κ1) is 15.0. The molecule has 2 rings (SSSR count). The highest BCUT2D eigenvalue weighted by atomic mass is 35.5. The first-order valence-electron chi connectivity index (χ1n) is 5.31. The van der Waals surface area contributed by atoms with Crippen LogP contribution in [0.5, 0.6) is 0 Å². The molecule has 0 bridgehead atoms. The minimum atomic E-state index is -4.82. The summed E-state index contributed by atoms with van der Waals surface area (Å²) in [6.45, 7) is 0. The summed E-state index contributed by atoms with van der Waals surface area (Å²) >= 11 is 11.8. The van der Waals surface area contributed by atoms with Gasteiger partial charge < -0.3 is 5.11 Å². The average molecular weight is 323 g/mol. The topological polar surface area (TPSA) is 46.0 Å². The normalized spacial score (nSPS) is 13.3. The van der Waals surface area contributed by atoms with Gasteiger partial charge in [-0.1, -0.05) is 35.3 Å². The maximum absolute atomic E-state index is 12.5. The van der Waals surface area contributed by atoms with Crippen molar-refractivity contribution >= 4 is 23.2 Å². The van der Waals surface area contributed by atoms with E-state index in [1.54, 1.807) is 0 Å². The molecule has 1 N–H and O–H groups in total. The number of halogens is 5. The Hall–Kier alpha value is -1.37. The Kier molecular flexibility index (Phi) is 4.17. The number of hydrogen-bond donors (Lipinski definition) is 1. The van der Waals surface area contributed by atoms with Gasteiger partial charge in [0, 0.05) is 23.5 Å². The second-order valence-corrected chi connectivity index (χ2v) is 4.62. The first-order chi connectivity index (χ1) is 9.32. The van der Waals surface area contributed by atoms with Crippen LogP contribution in [0.4, 0.5) is 13.2 Å². The molecule has 106 valence electrons. The van der Waals surface area contributed by atoms with Crippen LogP contribution in [0.25, 0.3) is 11.3 Å². The Bertz CT molecular complexity index is 620. The fourth-order valence-corrected chi connectivity index (χ4v) is 2.12. The standard InChI is InChI=1S/C12H7Cl2F3N2O/c13-9-6(8-5-18-3-4-19-8)1-2-7(10(9)14)11(20)12(15,16)17/h1-5,11,20H. The number of aliphatic hydroxyl groups is 1. The van der Waals surface area contributed by atoms with E-state index in [-0.39, 0.29) is 10.0 Å². The molecule has 0 spiro atoms. The Morgan fingerprint density at radius 1 is 1.10 bits per heavy atom. The number of rotatable bonds is 2. The zero-order chi connectivity index (χ0) is 14.9. The molecule has 0 aliphatic carbocycles. The number of aromatic nitrogens is 2. The van der Waals surface area contributed by atoms with Crippen molar-refractivity contribution in [1.82, 2.24) is 9.97 Å². The van der Waals surface area contributed by atoms with Crippen molar-refractivity contribution in [3.63, 3.8) is 0 Å². The average Bonchev–Trinajstić information content (AvgIpc) is 2.41. The van der Waals surface area contributed by atoms with Crippen LogP contribution in [-0.4, -0.2) is 21.3 Å². The molecule has 3 nitrogen and oxygen atoms in total. The molecule has 2 aromatic rings. The summed E-state index contributed by atoms with van der Waals surface area (Å²) in [5.41, 5.74) is 0.201. The van der Waals surface area contributed by atoms with Gasteiger partial charge in [0.2, 0.25) is 0 Å². The quantitative estimate of drug-likeness (QED) is 0.907. The number of benzene rings is 1. The molecule has 1 atom stereocenters. The fourth-order valence-electron chi connectivity index (χ4n) is 1.59. The smallest absolute Gasteiger partial charge is 0.379 e. The molecule has 0 fully saturated rings. The Morgan fingerprint density at radius 2 is 1.80 bits per heavy atom. The van der Waals surface area contributed by atoms with E-state index in [4.69, 9.17) is 23.2 Å². The van der Waals surface area contributed by atoms with Gasteiger partial charge in [-0.3, -0.25) is 9.97 Å². The summed E-state index contributed by atoms with van der Waals surface area (Å²) in [5, 5.41) is 8.75. The number of hydrogen-bond acceptors (Lipinski definition) is 3. The van der Waals surface area contributed by atoms with Crippen LogP contribution in [0, 0.1) is 0 Å². The molecule has 0 radical (unpaired) electrons. The number of aliphatic hydroxyl groups excluding tert-OH is 1. The summed E-state index contributed by atoms with van der Waals surface area (Å²) in [6.07, 6.45) is -3.25. The summed E-state index contributed by atoms with van der Waals surface area (Å²) in [5.74, 6) is 0. The maximum Gasteiger partial charge on any atom is 0.418 e. The van der Waals surface area contributed by atoms with E-state index in [1.165, 1.54) is 24.7 Å². The molecular weight excluding hydrogens is 316 g/mol. The van der Waals surface area contributed by atoms with Crippen LogP contribution >= 0.6 is 23.2 Å². The number of nitrogens with zero attached hydrogens (tertiary/aromatic N) is 2. The van der Waals surface area contributed by atoms with Gasteiger partial charge >= 0.3 is 6.18 Å². The van der Waals surface area contributed by atoms with Crippen LogP contribution in [0.1, 0.15) is 11.7 Å². The Balaban J connectivity index is 2.51. The van der Waals surface area contributed by atoms with Crippen molar-refractivity contribution in [2.45, 2.75) is 12.3 Å². The maximum atomic E-state index is 12.5. The zero-order valence-corrected chi connectivity index (χ0v) is 11.2. The van der Waals surface area contributed by atoms with Crippen molar-refractivity contribution in [3.8, 4) is 11.3 Å². The van der Waals surface area contributed by atoms with Crippen molar-refractivity contribution in [3.05, 3.63) is 46.3 Å². The molecule has 0 saturated carbocycles.